The van der Waals surface area contributed by atoms with Crippen molar-refractivity contribution in [3.05, 3.63) is 71.8 Å². The summed E-state index contributed by atoms with van der Waals surface area (Å²) in [6.07, 6.45) is 8.20. The van der Waals surface area contributed by atoms with Crippen LogP contribution in [0.15, 0.2) is 60.7 Å². The van der Waals surface area contributed by atoms with Gasteiger partial charge in [0.1, 0.15) is 6.04 Å². The molecule has 2 aromatic carbocycles. The molecule has 0 spiro atoms. The lowest BCUT2D eigenvalue weighted by molar-refractivity contribution is -0.199. The van der Waals surface area contributed by atoms with Crippen molar-refractivity contribution < 1.29 is 18.9 Å². The normalized spacial score (nSPS) is 28.7. The van der Waals surface area contributed by atoms with Crippen molar-refractivity contribution in [2.45, 2.75) is 108 Å². The number of rotatable bonds is 12. The second-order valence-corrected chi connectivity index (χ2v) is 14.4. The molecule has 4 aliphatic carbocycles. The zero-order chi connectivity index (χ0) is 30.2. The van der Waals surface area contributed by atoms with E-state index in [9.17, 15) is 9.59 Å². The van der Waals surface area contributed by atoms with Crippen LogP contribution >= 0.6 is 12.4 Å². The Morgan fingerprint density at radius 2 is 1.61 bits per heavy atom. The van der Waals surface area contributed by atoms with Crippen molar-refractivity contribution in [2.75, 3.05) is 0 Å². The standard InChI is InChI=1S/C35H48BN3O4.ClH/c1-34(2)26-21-29(34)35(3)30(22-26)42-36(43-35)31(20-25-15-10-16-25)39-33(41)28(19-24-13-8-5-9-14-24)38-32(40)27(37)18-17-23-11-6-4-7-12-23;/h4-9,11-14,25-31H,10,15-22,37H2,1-3H3,(H,38,40)(H,39,41);1H/t26-,27-,28-,29-,30+,31-,35-;/m0./s1. The molecule has 9 heteroatoms. The van der Waals surface area contributed by atoms with Crippen LogP contribution in [0.5, 0.6) is 0 Å². The molecule has 0 aromatic heterocycles. The van der Waals surface area contributed by atoms with Crippen molar-refractivity contribution >= 4 is 31.3 Å². The number of carbonyl (C=O) groups is 2. The molecule has 0 radical (unpaired) electrons. The molecule has 5 fully saturated rings. The van der Waals surface area contributed by atoms with Crippen molar-refractivity contribution in [1.29, 1.82) is 0 Å². The molecule has 1 saturated heterocycles. The molecule has 7 atom stereocenters. The summed E-state index contributed by atoms with van der Waals surface area (Å²) in [5.41, 5.74) is 8.36. The minimum absolute atomic E-state index is 0. The second-order valence-electron chi connectivity index (χ2n) is 14.4. The van der Waals surface area contributed by atoms with Crippen LogP contribution in [-0.2, 0) is 31.7 Å². The van der Waals surface area contributed by atoms with Gasteiger partial charge in [-0.3, -0.25) is 9.59 Å². The van der Waals surface area contributed by atoms with Gasteiger partial charge in [-0.1, -0.05) is 93.8 Å². The van der Waals surface area contributed by atoms with Crippen molar-refractivity contribution in [1.82, 2.24) is 10.6 Å². The van der Waals surface area contributed by atoms with Gasteiger partial charge >= 0.3 is 7.12 Å². The van der Waals surface area contributed by atoms with Crippen molar-refractivity contribution in [3.8, 4) is 0 Å². The first-order valence-electron chi connectivity index (χ1n) is 16.4. The van der Waals surface area contributed by atoms with Crippen LogP contribution in [0.4, 0.5) is 0 Å². The molecule has 44 heavy (non-hydrogen) atoms. The Kier molecular flexibility index (Phi) is 10.2. The number of hydrogen-bond acceptors (Lipinski definition) is 5. The average molecular weight is 622 g/mol. The quantitative estimate of drug-likeness (QED) is 0.288. The molecule has 0 unspecified atom stereocenters. The summed E-state index contributed by atoms with van der Waals surface area (Å²) in [6, 6.07) is 18.4. The lowest BCUT2D eigenvalue weighted by Crippen LogP contribution is -2.65. The largest absolute Gasteiger partial charge is 0.481 e. The van der Waals surface area contributed by atoms with Crippen LogP contribution in [0.25, 0.3) is 0 Å². The molecular formula is C35H49BClN3O4. The van der Waals surface area contributed by atoms with E-state index in [0.717, 1.165) is 36.8 Å². The van der Waals surface area contributed by atoms with E-state index in [1.54, 1.807) is 0 Å². The fourth-order valence-corrected chi connectivity index (χ4v) is 8.12. The van der Waals surface area contributed by atoms with Gasteiger partial charge in [0.2, 0.25) is 11.8 Å². The third-order valence-electron chi connectivity index (χ3n) is 11.3. The van der Waals surface area contributed by atoms with E-state index in [1.165, 1.54) is 12.8 Å². The maximum Gasteiger partial charge on any atom is 0.481 e. The Hall–Kier alpha value is -2.39. The molecule has 2 amide bonds. The Morgan fingerprint density at radius 3 is 2.23 bits per heavy atom. The van der Waals surface area contributed by atoms with Gasteiger partial charge in [0.25, 0.3) is 0 Å². The summed E-state index contributed by atoms with van der Waals surface area (Å²) in [5.74, 6) is 0.865. The smallest absolute Gasteiger partial charge is 0.404 e. The summed E-state index contributed by atoms with van der Waals surface area (Å²) in [6.45, 7) is 6.94. The van der Waals surface area contributed by atoms with Crippen LogP contribution in [-0.4, -0.2) is 48.7 Å². The molecule has 2 bridgehead atoms. The number of halogens is 1. The van der Waals surface area contributed by atoms with E-state index in [4.69, 9.17) is 15.0 Å². The number of aryl methyl sites for hydroxylation is 1. The molecule has 4 N–H and O–H groups in total. The van der Waals surface area contributed by atoms with Gasteiger partial charge in [0, 0.05) is 6.42 Å². The van der Waals surface area contributed by atoms with Crippen LogP contribution in [0.1, 0.15) is 76.8 Å². The fraction of sp³-hybridized carbons (Fsp3) is 0.600. The van der Waals surface area contributed by atoms with Crippen molar-refractivity contribution in [3.63, 3.8) is 0 Å². The second kappa shape index (κ2) is 13.5. The van der Waals surface area contributed by atoms with Gasteiger partial charge < -0.3 is 25.7 Å². The molecular weight excluding hydrogens is 573 g/mol. The summed E-state index contributed by atoms with van der Waals surface area (Å²) in [5, 5.41) is 6.31. The van der Waals surface area contributed by atoms with Gasteiger partial charge in [0.05, 0.1) is 23.7 Å². The molecule has 1 aliphatic heterocycles. The summed E-state index contributed by atoms with van der Waals surface area (Å²) in [4.78, 5) is 27.3. The van der Waals surface area contributed by atoms with Crippen LogP contribution in [0.3, 0.4) is 0 Å². The Balaban J connectivity index is 0.00000384. The number of amides is 2. The predicted molar refractivity (Wildman–Crippen MR) is 176 cm³/mol. The molecule has 7 rings (SSSR count). The summed E-state index contributed by atoms with van der Waals surface area (Å²) >= 11 is 0. The molecule has 2 aromatic rings. The topological polar surface area (TPSA) is 103 Å². The van der Waals surface area contributed by atoms with E-state index >= 15 is 0 Å². The van der Waals surface area contributed by atoms with Gasteiger partial charge in [0.15, 0.2) is 0 Å². The first-order valence-corrected chi connectivity index (χ1v) is 16.4. The molecule has 238 valence electrons. The van der Waals surface area contributed by atoms with Gasteiger partial charge in [-0.05, 0) is 73.3 Å². The van der Waals surface area contributed by atoms with E-state index < -0.39 is 19.2 Å². The highest BCUT2D eigenvalue weighted by atomic mass is 35.5. The summed E-state index contributed by atoms with van der Waals surface area (Å²) < 4.78 is 13.5. The van der Waals surface area contributed by atoms with Crippen LogP contribution in [0.2, 0.25) is 0 Å². The van der Waals surface area contributed by atoms with Crippen LogP contribution < -0.4 is 16.4 Å². The Morgan fingerprint density at radius 1 is 0.955 bits per heavy atom. The van der Waals surface area contributed by atoms with E-state index in [1.807, 2.05) is 60.7 Å². The third kappa shape index (κ3) is 6.74. The minimum Gasteiger partial charge on any atom is -0.404 e. The lowest BCUT2D eigenvalue weighted by atomic mass is 9.43. The highest BCUT2D eigenvalue weighted by molar-refractivity contribution is 6.48. The number of nitrogens with one attached hydrogen (secondary N) is 2. The lowest BCUT2D eigenvalue weighted by Gasteiger charge is -2.64. The number of benzene rings is 2. The fourth-order valence-electron chi connectivity index (χ4n) is 8.12. The first-order chi connectivity index (χ1) is 20.6. The van der Waals surface area contributed by atoms with Gasteiger partial charge in [-0.2, -0.15) is 0 Å². The highest BCUT2D eigenvalue weighted by Gasteiger charge is 2.68. The molecule has 5 aliphatic rings. The molecule has 4 saturated carbocycles. The van der Waals surface area contributed by atoms with Crippen molar-refractivity contribution in [2.24, 2.45) is 28.9 Å². The maximum atomic E-state index is 14.0. The third-order valence-corrected chi connectivity index (χ3v) is 11.3. The minimum atomic E-state index is -0.757. The number of carbonyl (C=O) groups excluding carboxylic acids is 2. The van der Waals surface area contributed by atoms with Gasteiger partial charge in [-0.25, -0.2) is 0 Å². The zero-order valence-corrected chi connectivity index (χ0v) is 27.2. The average Bonchev–Trinajstić information content (AvgIpc) is 3.34. The van der Waals surface area contributed by atoms with E-state index in [0.29, 0.717) is 37.0 Å². The Bertz CT molecular complexity index is 1280. The van der Waals surface area contributed by atoms with Gasteiger partial charge in [-0.15, -0.1) is 12.4 Å². The zero-order valence-electron chi connectivity index (χ0n) is 26.4. The van der Waals surface area contributed by atoms with Crippen LogP contribution in [0, 0.1) is 23.2 Å². The number of hydrogen-bond donors (Lipinski definition) is 3. The predicted octanol–water partition coefficient (Wildman–Crippen LogP) is 5.04. The molecule has 1 heterocycles. The Labute approximate surface area is 269 Å². The summed E-state index contributed by atoms with van der Waals surface area (Å²) in [7, 11) is -0.490. The number of nitrogens with two attached hydrogens (primary N) is 1. The first kappa shape index (κ1) is 33.0. The van der Waals surface area contributed by atoms with E-state index in [-0.39, 0.29) is 47.3 Å². The monoisotopic (exact) mass is 621 g/mol. The maximum absolute atomic E-state index is 14.0. The highest BCUT2D eigenvalue weighted by Crippen LogP contribution is 2.65. The SMILES string of the molecule is CC1(C)[C@@H]2C[C@H]3OB([C@H](CC4CCC4)NC(=O)[C@H](Cc4ccccc4)NC(=O)[C@@H](N)CCc4ccccc4)O[C@@]3(C)[C@H]1C2.Cl. The molecule has 7 nitrogen and oxygen atoms in total. The van der Waals surface area contributed by atoms with E-state index in [2.05, 4.69) is 31.4 Å².